The van der Waals surface area contributed by atoms with Gasteiger partial charge in [-0.1, -0.05) is 18.2 Å². The van der Waals surface area contributed by atoms with Crippen LogP contribution < -0.4 is 4.72 Å². The third-order valence-corrected chi connectivity index (χ3v) is 6.29. The monoisotopic (exact) mass is 420 g/mol. The summed E-state index contributed by atoms with van der Waals surface area (Å²) in [4.78, 5) is 25.6. The van der Waals surface area contributed by atoms with Crippen LogP contribution in [0.15, 0.2) is 53.4 Å². The Kier molecular flexibility index (Phi) is 6.29. The second-order valence-electron chi connectivity index (χ2n) is 6.69. The highest BCUT2D eigenvalue weighted by atomic mass is 32.2. The van der Waals surface area contributed by atoms with Gasteiger partial charge in [-0.15, -0.1) is 0 Å². The van der Waals surface area contributed by atoms with Gasteiger partial charge in [-0.05, 0) is 43.2 Å². The van der Waals surface area contributed by atoms with Crippen molar-refractivity contribution in [1.29, 1.82) is 0 Å². The molecule has 0 bridgehead atoms. The predicted molar refractivity (Wildman–Crippen MR) is 103 cm³/mol. The maximum Gasteiger partial charge on any atom is 0.337 e. The van der Waals surface area contributed by atoms with Gasteiger partial charge in [0, 0.05) is 19.1 Å². The SMILES string of the molecule is COC(=O)c1cccc(S(=O)(=O)NC2CCN(C(=O)c3ccccc3F)CC2)c1. The average Bonchev–Trinajstić information content (AvgIpc) is 2.73. The molecule has 1 fully saturated rings. The first-order valence-electron chi connectivity index (χ1n) is 9.06. The summed E-state index contributed by atoms with van der Waals surface area (Å²) in [6.45, 7) is 0.616. The number of ether oxygens (including phenoxy) is 1. The molecule has 154 valence electrons. The fourth-order valence-corrected chi connectivity index (χ4v) is 4.55. The van der Waals surface area contributed by atoms with Crippen LogP contribution in [0.3, 0.4) is 0 Å². The molecule has 7 nitrogen and oxygen atoms in total. The molecular weight excluding hydrogens is 399 g/mol. The van der Waals surface area contributed by atoms with E-state index in [1.54, 1.807) is 6.07 Å². The summed E-state index contributed by atoms with van der Waals surface area (Å²) in [6, 6.07) is 11.0. The number of nitrogens with zero attached hydrogens (tertiary/aromatic N) is 1. The highest BCUT2D eigenvalue weighted by molar-refractivity contribution is 7.89. The molecule has 1 aliphatic rings. The summed E-state index contributed by atoms with van der Waals surface area (Å²) in [7, 11) is -2.62. The zero-order valence-corrected chi connectivity index (χ0v) is 16.6. The molecule has 1 amide bonds. The second kappa shape index (κ2) is 8.71. The maximum absolute atomic E-state index is 13.8. The Labute approximate surface area is 168 Å². The Morgan fingerprint density at radius 3 is 2.45 bits per heavy atom. The fourth-order valence-electron chi connectivity index (χ4n) is 3.20. The number of hydrogen-bond acceptors (Lipinski definition) is 5. The van der Waals surface area contributed by atoms with Gasteiger partial charge in [-0.2, -0.15) is 0 Å². The van der Waals surface area contributed by atoms with Crippen molar-refractivity contribution in [3.63, 3.8) is 0 Å². The van der Waals surface area contributed by atoms with Crippen molar-refractivity contribution in [2.45, 2.75) is 23.8 Å². The lowest BCUT2D eigenvalue weighted by molar-refractivity contribution is 0.0600. The number of hydrogen-bond donors (Lipinski definition) is 1. The Balaban J connectivity index is 1.64. The zero-order valence-electron chi connectivity index (χ0n) is 15.8. The molecule has 2 aromatic carbocycles. The van der Waals surface area contributed by atoms with Crippen LogP contribution in [-0.2, 0) is 14.8 Å². The van der Waals surface area contributed by atoms with Gasteiger partial charge in [0.1, 0.15) is 5.82 Å². The summed E-state index contributed by atoms with van der Waals surface area (Å²) < 4.78 is 46.4. The minimum absolute atomic E-state index is 0.00570. The van der Waals surface area contributed by atoms with Gasteiger partial charge in [0.2, 0.25) is 10.0 Å². The van der Waals surface area contributed by atoms with E-state index in [1.165, 1.54) is 54.5 Å². The van der Waals surface area contributed by atoms with E-state index < -0.39 is 27.7 Å². The summed E-state index contributed by atoms with van der Waals surface area (Å²) >= 11 is 0. The molecule has 1 N–H and O–H groups in total. The van der Waals surface area contributed by atoms with Crippen LogP contribution in [0.2, 0.25) is 0 Å². The number of carbonyl (C=O) groups is 2. The van der Waals surface area contributed by atoms with Gasteiger partial charge in [0.05, 0.1) is 23.1 Å². The van der Waals surface area contributed by atoms with Crippen LogP contribution in [0.5, 0.6) is 0 Å². The van der Waals surface area contributed by atoms with Crippen molar-refractivity contribution in [3.8, 4) is 0 Å². The number of nitrogens with one attached hydrogen (secondary N) is 1. The number of rotatable bonds is 5. The Morgan fingerprint density at radius 1 is 1.10 bits per heavy atom. The number of carbonyl (C=O) groups excluding carboxylic acids is 2. The molecule has 1 saturated heterocycles. The molecule has 9 heteroatoms. The van der Waals surface area contributed by atoms with Crippen molar-refractivity contribution < 1.29 is 27.1 Å². The topological polar surface area (TPSA) is 92.8 Å². The van der Waals surface area contributed by atoms with Gasteiger partial charge in [0.25, 0.3) is 5.91 Å². The van der Waals surface area contributed by atoms with E-state index >= 15 is 0 Å². The van der Waals surface area contributed by atoms with E-state index in [0.29, 0.717) is 25.9 Å². The van der Waals surface area contributed by atoms with E-state index in [2.05, 4.69) is 9.46 Å². The number of esters is 1. The molecule has 2 aromatic rings. The van der Waals surface area contributed by atoms with Crippen molar-refractivity contribution in [2.75, 3.05) is 20.2 Å². The lowest BCUT2D eigenvalue weighted by Gasteiger charge is -2.32. The van der Waals surface area contributed by atoms with E-state index in [-0.39, 0.29) is 22.1 Å². The number of sulfonamides is 1. The predicted octanol–water partition coefficient (Wildman–Crippen LogP) is 2.20. The average molecular weight is 420 g/mol. The van der Waals surface area contributed by atoms with Crippen LogP contribution in [0.4, 0.5) is 4.39 Å². The molecule has 3 rings (SSSR count). The Morgan fingerprint density at radius 2 is 1.79 bits per heavy atom. The Hall–Kier alpha value is -2.78. The second-order valence-corrected chi connectivity index (χ2v) is 8.40. The third kappa shape index (κ3) is 4.80. The third-order valence-electron chi connectivity index (χ3n) is 4.77. The van der Waals surface area contributed by atoms with Gasteiger partial charge in [-0.25, -0.2) is 22.3 Å². The molecule has 1 heterocycles. The molecule has 0 unspecified atom stereocenters. The summed E-state index contributed by atoms with van der Waals surface area (Å²) in [5.74, 6) is -1.61. The highest BCUT2D eigenvalue weighted by Gasteiger charge is 2.28. The molecule has 29 heavy (non-hydrogen) atoms. The van der Waals surface area contributed by atoms with E-state index in [9.17, 15) is 22.4 Å². The van der Waals surface area contributed by atoms with Gasteiger partial charge >= 0.3 is 5.97 Å². The molecule has 0 saturated carbocycles. The van der Waals surface area contributed by atoms with E-state index in [1.807, 2.05) is 0 Å². The van der Waals surface area contributed by atoms with Crippen LogP contribution in [-0.4, -0.2) is 51.4 Å². The standard InChI is InChI=1S/C20H21FN2O5S/c1-28-20(25)14-5-4-6-16(13-14)29(26,27)22-15-9-11-23(12-10-15)19(24)17-7-2-3-8-18(17)21/h2-8,13,15,22H,9-12H2,1H3. The van der Waals surface area contributed by atoms with Crippen LogP contribution in [0, 0.1) is 5.82 Å². The normalized spacial score (nSPS) is 15.2. The number of likely N-dealkylation sites (tertiary alicyclic amines) is 1. The molecule has 0 radical (unpaired) electrons. The van der Waals surface area contributed by atoms with Crippen molar-refractivity contribution in [3.05, 3.63) is 65.5 Å². The molecule has 0 aliphatic carbocycles. The lowest BCUT2D eigenvalue weighted by Crippen LogP contribution is -2.46. The summed E-state index contributed by atoms with van der Waals surface area (Å²) in [5.41, 5.74) is 0.145. The first-order valence-corrected chi connectivity index (χ1v) is 10.5. The van der Waals surface area contributed by atoms with Gasteiger partial charge in [0.15, 0.2) is 0 Å². The first kappa shape index (κ1) is 20.9. The quantitative estimate of drug-likeness (QED) is 0.749. The summed E-state index contributed by atoms with van der Waals surface area (Å²) in [5, 5.41) is 0. The van der Waals surface area contributed by atoms with Crippen molar-refractivity contribution in [2.24, 2.45) is 0 Å². The van der Waals surface area contributed by atoms with Gasteiger partial charge < -0.3 is 9.64 Å². The minimum atomic E-state index is -3.84. The molecular formula is C20H21FN2O5S. The smallest absolute Gasteiger partial charge is 0.337 e. The largest absolute Gasteiger partial charge is 0.465 e. The highest BCUT2D eigenvalue weighted by Crippen LogP contribution is 2.19. The molecule has 0 atom stereocenters. The van der Waals surface area contributed by atoms with Crippen LogP contribution in [0.25, 0.3) is 0 Å². The minimum Gasteiger partial charge on any atom is -0.465 e. The maximum atomic E-state index is 13.8. The van der Waals surface area contributed by atoms with Crippen LogP contribution in [0.1, 0.15) is 33.6 Å². The molecule has 0 aromatic heterocycles. The van der Waals surface area contributed by atoms with E-state index in [0.717, 1.165) is 0 Å². The van der Waals surface area contributed by atoms with Crippen LogP contribution >= 0.6 is 0 Å². The van der Waals surface area contributed by atoms with Gasteiger partial charge in [-0.3, -0.25) is 4.79 Å². The number of methoxy groups -OCH3 is 1. The number of benzene rings is 2. The first-order chi connectivity index (χ1) is 13.8. The lowest BCUT2D eigenvalue weighted by atomic mass is 10.0. The fraction of sp³-hybridized carbons (Fsp3) is 0.300. The Bertz CT molecular complexity index is 1020. The number of piperidine rings is 1. The number of halogens is 1. The number of amides is 1. The molecule has 0 spiro atoms. The van der Waals surface area contributed by atoms with Crippen molar-refractivity contribution in [1.82, 2.24) is 9.62 Å². The zero-order chi connectivity index (χ0) is 21.0. The summed E-state index contributed by atoms with van der Waals surface area (Å²) in [6.07, 6.45) is 0.798. The van der Waals surface area contributed by atoms with Crippen molar-refractivity contribution >= 4 is 21.9 Å². The van der Waals surface area contributed by atoms with E-state index in [4.69, 9.17) is 0 Å². The molecule has 1 aliphatic heterocycles.